The lowest BCUT2D eigenvalue weighted by atomic mass is 10.2. The summed E-state index contributed by atoms with van der Waals surface area (Å²) in [6.07, 6.45) is 1.72. The summed E-state index contributed by atoms with van der Waals surface area (Å²) < 4.78 is 1.84. The monoisotopic (exact) mass is 469 g/mol. The standard InChI is InChI=1S/C23H24ClN5O2S/c1-3-12-29-21(16(2)26-22(31)18-10-7-11-19(24)13-18)27-28-23(29)32-15-20(30)25-14-17-8-5-4-6-9-17/h3-11,13,16H,1,12,14-15H2,2H3,(H,25,30)(H,26,31). The minimum absolute atomic E-state index is 0.101. The number of nitrogens with one attached hydrogen (secondary N) is 2. The first kappa shape index (κ1) is 23.6. The first-order valence-electron chi connectivity index (χ1n) is 10.0. The highest BCUT2D eigenvalue weighted by molar-refractivity contribution is 7.99. The average molecular weight is 470 g/mol. The minimum Gasteiger partial charge on any atom is -0.351 e. The van der Waals surface area contributed by atoms with Crippen LogP contribution in [0.15, 0.2) is 72.4 Å². The van der Waals surface area contributed by atoms with Crippen LogP contribution in [-0.2, 0) is 17.9 Å². The number of aromatic nitrogens is 3. The molecular weight excluding hydrogens is 446 g/mol. The summed E-state index contributed by atoms with van der Waals surface area (Å²) in [6.45, 7) is 6.53. The van der Waals surface area contributed by atoms with Crippen LogP contribution in [0.3, 0.4) is 0 Å². The Morgan fingerprint density at radius 1 is 1.19 bits per heavy atom. The van der Waals surface area contributed by atoms with Crippen LogP contribution in [0.2, 0.25) is 5.02 Å². The van der Waals surface area contributed by atoms with Crippen molar-refractivity contribution in [3.8, 4) is 0 Å². The third kappa shape index (κ3) is 6.45. The fraction of sp³-hybridized carbons (Fsp3) is 0.217. The number of nitrogens with zero attached hydrogens (tertiary/aromatic N) is 3. The Hall–Kier alpha value is -3.10. The molecule has 1 aromatic heterocycles. The molecule has 0 aliphatic rings. The van der Waals surface area contributed by atoms with Crippen LogP contribution in [0.25, 0.3) is 0 Å². The second-order valence-corrected chi connectivity index (χ2v) is 8.38. The molecular formula is C23H24ClN5O2S. The maximum atomic E-state index is 12.6. The van der Waals surface area contributed by atoms with Gasteiger partial charge in [0.15, 0.2) is 11.0 Å². The van der Waals surface area contributed by atoms with Crippen molar-refractivity contribution in [2.75, 3.05) is 5.75 Å². The van der Waals surface area contributed by atoms with Crippen molar-refractivity contribution in [2.24, 2.45) is 0 Å². The Kier molecular flexibility index (Phi) is 8.47. The van der Waals surface area contributed by atoms with Crippen molar-refractivity contribution < 1.29 is 9.59 Å². The van der Waals surface area contributed by atoms with E-state index in [2.05, 4.69) is 27.4 Å². The van der Waals surface area contributed by atoms with Crippen molar-refractivity contribution >= 4 is 35.2 Å². The number of halogens is 1. The molecule has 9 heteroatoms. The number of hydrogen-bond acceptors (Lipinski definition) is 5. The van der Waals surface area contributed by atoms with E-state index in [1.54, 1.807) is 30.3 Å². The molecule has 2 aromatic carbocycles. The van der Waals surface area contributed by atoms with Crippen LogP contribution in [0, 0.1) is 0 Å². The third-order valence-corrected chi connectivity index (χ3v) is 5.75. The maximum Gasteiger partial charge on any atom is 0.251 e. The molecule has 0 aliphatic heterocycles. The summed E-state index contributed by atoms with van der Waals surface area (Å²) >= 11 is 7.26. The summed E-state index contributed by atoms with van der Waals surface area (Å²) in [5, 5.41) is 15.3. The lowest BCUT2D eigenvalue weighted by Gasteiger charge is -2.15. The molecule has 2 amide bonds. The molecule has 0 aliphatic carbocycles. The van der Waals surface area contributed by atoms with Gasteiger partial charge in [-0.2, -0.15) is 0 Å². The van der Waals surface area contributed by atoms with E-state index >= 15 is 0 Å². The summed E-state index contributed by atoms with van der Waals surface area (Å²) in [4.78, 5) is 24.8. The number of rotatable bonds is 10. The molecule has 3 aromatic rings. The topological polar surface area (TPSA) is 88.9 Å². The molecule has 0 saturated carbocycles. The van der Waals surface area contributed by atoms with Gasteiger partial charge in [-0.05, 0) is 30.7 Å². The summed E-state index contributed by atoms with van der Waals surface area (Å²) in [7, 11) is 0. The number of carbonyl (C=O) groups is 2. The van der Waals surface area contributed by atoms with Crippen molar-refractivity contribution in [3.63, 3.8) is 0 Å². The summed E-state index contributed by atoms with van der Waals surface area (Å²) in [6, 6.07) is 16.0. The van der Waals surface area contributed by atoms with Crippen LogP contribution in [0.4, 0.5) is 0 Å². The van der Waals surface area contributed by atoms with Gasteiger partial charge >= 0.3 is 0 Å². The van der Waals surface area contributed by atoms with Crippen molar-refractivity contribution in [2.45, 2.75) is 31.2 Å². The highest BCUT2D eigenvalue weighted by Crippen LogP contribution is 2.21. The van der Waals surface area contributed by atoms with Gasteiger partial charge in [0.1, 0.15) is 0 Å². The molecule has 0 saturated heterocycles. The highest BCUT2D eigenvalue weighted by atomic mass is 35.5. The predicted octanol–water partition coefficient (Wildman–Crippen LogP) is 4.02. The Morgan fingerprint density at radius 2 is 1.97 bits per heavy atom. The van der Waals surface area contributed by atoms with Gasteiger partial charge < -0.3 is 15.2 Å². The molecule has 1 atom stereocenters. The minimum atomic E-state index is -0.407. The highest BCUT2D eigenvalue weighted by Gasteiger charge is 2.20. The second kappa shape index (κ2) is 11.5. The lowest BCUT2D eigenvalue weighted by molar-refractivity contribution is -0.118. The van der Waals surface area contributed by atoms with Gasteiger partial charge in [-0.3, -0.25) is 9.59 Å². The zero-order valence-electron chi connectivity index (χ0n) is 17.6. The van der Waals surface area contributed by atoms with E-state index in [-0.39, 0.29) is 17.6 Å². The van der Waals surface area contributed by atoms with Gasteiger partial charge in [0.25, 0.3) is 5.91 Å². The van der Waals surface area contributed by atoms with Gasteiger partial charge in [-0.15, -0.1) is 16.8 Å². The smallest absolute Gasteiger partial charge is 0.251 e. The molecule has 3 rings (SSSR count). The van der Waals surface area contributed by atoms with Crippen molar-refractivity contribution in [1.82, 2.24) is 25.4 Å². The Balaban J connectivity index is 1.62. The van der Waals surface area contributed by atoms with E-state index in [0.29, 0.717) is 34.7 Å². The Labute approximate surface area is 196 Å². The van der Waals surface area contributed by atoms with Crippen LogP contribution in [0.5, 0.6) is 0 Å². The number of amides is 2. The number of allylic oxidation sites excluding steroid dienone is 1. The van der Waals surface area contributed by atoms with Crippen LogP contribution < -0.4 is 10.6 Å². The average Bonchev–Trinajstić information content (AvgIpc) is 3.20. The summed E-state index contributed by atoms with van der Waals surface area (Å²) in [5.41, 5.74) is 1.50. The Bertz CT molecular complexity index is 1090. The zero-order chi connectivity index (χ0) is 22.9. The molecule has 1 unspecified atom stereocenters. The van der Waals surface area contributed by atoms with Crippen molar-refractivity contribution in [1.29, 1.82) is 0 Å². The molecule has 0 bridgehead atoms. The van der Waals surface area contributed by atoms with E-state index < -0.39 is 6.04 Å². The van der Waals surface area contributed by atoms with E-state index in [1.165, 1.54) is 11.8 Å². The molecule has 2 N–H and O–H groups in total. The van der Waals surface area contributed by atoms with Crippen LogP contribution in [0.1, 0.15) is 34.7 Å². The van der Waals surface area contributed by atoms with Crippen molar-refractivity contribution in [3.05, 3.63) is 89.2 Å². The number of carbonyl (C=O) groups excluding carboxylic acids is 2. The van der Waals surface area contributed by atoms with Gasteiger partial charge in [0.05, 0.1) is 11.8 Å². The van der Waals surface area contributed by atoms with E-state index in [4.69, 9.17) is 11.6 Å². The number of thioether (sulfide) groups is 1. The normalized spacial score (nSPS) is 11.6. The fourth-order valence-electron chi connectivity index (χ4n) is 2.98. The Morgan fingerprint density at radius 3 is 2.69 bits per heavy atom. The molecule has 0 radical (unpaired) electrons. The molecule has 32 heavy (non-hydrogen) atoms. The van der Waals surface area contributed by atoms with Crippen LogP contribution in [-0.4, -0.2) is 32.3 Å². The number of hydrogen-bond donors (Lipinski definition) is 2. The van der Waals surface area contributed by atoms with Gasteiger partial charge in [-0.1, -0.05) is 65.8 Å². The SMILES string of the molecule is C=CCn1c(SCC(=O)NCc2ccccc2)nnc1C(C)NC(=O)c1cccc(Cl)c1. The fourth-order valence-corrected chi connectivity index (χ4v) is 3.95. The first-order chi connectivity index (χ1) is 15.5. The van der Waals surface area contributed by atoms with Gasteiger partial charge in [-0.25, -0.2) is 0 Å². The molecule has 0 fully saturated rings. The quantitative estimate of drug-likeness (QED) is 0.346. The van der Waals surface area contributed by atoms with Gasteiger partial charge in [0.2, 0.25) is 5.91 Å². The van der Waals surface area contributed by atoms with Gasteiger partial charge in [0, 0.05) is 23.7 Å². The maximum absolute atomic E-state index is 12.6. The number of benzene rings is 2. The second-order valence-electron chi connectivity index (χ2n) is 7.00. The van der Waals surface area contributed by atoms with E-state index in [9.17, 15) is 9.59 Å². The van der Waals surface area contributed by atoms with Crippen LogP contribution >= 0.6 is 23.4 Å². The predicted molar refractivity (Wildman–Crippen MR) is 127 cm³/mol. The molecule has 1 heterocycles. The zero-order valence-corrected chi connectivity index (χ0v) is 19.2. The third-order valence-electron chi connectivity index (χ3n) is 4.54. The van der Waals surface area contributed by atoms with E-state index in [1.807, 2.05) is 41.8 Å². The summed E-state index contributed by atoms with van der Waals surface area (Å²) in [5.74, 6) is 0.414. The molecule has 7 nitrogen and oxygen atoms in total. The lowest BCUT2D eigenvalue weighted by Crippen LogP contribution is -2.29. The van der Waals surface area contributed by atoms with E-state index in [0.717, 1.165) is 5.56 Å². The first-order valence-corrected chi connectivity index (χ1v) is 11.4. The molecule has 166 valence electrons. The largest absolute Gasteiger partial charge is 0.351 e. The molecule has 0 spiro atoms.